The molecule has 64 heavy (non-hydrogen) atoms. The fraction of sp³-hybridized carbons (Fsp3) is 0.882. The smallest absolute Gasteiger partial charge is 0.306 e. The number of aliphatic hydroxyl groups excluding tert-OH is 3. The van der Waals surface area contributed by atoms with E-state index >= 15 is 0 Å². The van der Waals surface area contributed by atoms with Crippen LogP contribution in [0.15, 0.2) is 24.3 Å². The molecule has 2 unspecified atom stereocenters. The fourth-order valence-electron chi connectivity index (χ4n) is 7.98. The van der Waals surface area contributed by atoms with Crippen molar-refractivity contribution in [1.82, 2.24) is 0 Å². The number of carbonyl (C=O) groups excluding carboxylic acids is 2. The second kappa shape index (κ2) is 41.3. The molecule has 0 saturated carbocycles. The van der Waals surface area contributed by atoms with Crippen LogP contribution >= 0.6 is 0 Å². The minimum Gasteiger partial charge on any atom is -0.462 e. The first-order valence-electron chi connectivity index (χ1n) is 25.9. The lowest BCUT2D eigenvalue weighted by Crippen LogP contribution is -2.60. The van der Waals surface area contributed by atoms with E-state index in [1.54, 1.807) is 0 Å². The first kappa shape index (κ1) is 60.1. The van der Waals surface area contributed by atoms with E-state index in [-0.39, 0.29) is 19.4 Å². The second-order valence-electron chi connectivity index (χ2n) is 18.2. The van der Waals surface area contributed by atoms with Crippen LogP contribution in [0.1, 0.15) is 232 Å². The number of carbonyl (C=O) groups is 2. The van der Waals surface area contributed by atoms with Crippen molar-refractivity contribution in [2.45, 2.75) is 269 Å². The predicted molar refractivity (Wildman–Crippen MR) is 256 cm³/mol. The molecule has 1 rings (SSSR count). The van der Waals surface area contributed by atoms with Crippen LogP contribution in [0.2, 0.25) is 0 Å². The Hall–Kier alpha value is -1.87. The normalized spacial score (nSPS) is 19.8. The average Bonchev–Trinajstić information content (AvgIpc) is 3.26. The molecule has 0 radical (unpaired) electrons. The van der Waals surface area contributed by atoms with Gasteiger partial charge in [0.2, 0.25) is 0 Å². The van der Waals surface area contributed by atoms with Crippen LogP contribution in [0.3, 0.4) is 0 Å². The number of esters is 2. The summed E-state index contributed by atoms with van der Waals surface area (Å²) in [7, 11) is -4.61. The summed E-state index contributed by atoms with van der Waals surface area (Å²) in [4.78, 5) is 25.5. The highest BCUT2D eigenvalue weighted by atomic mass is 32.2. The summed E-state index contributed by atoms with van der Waals surface area (Å²) >= 11 is 0. The lowest BCUT2D eigenvalue weighted by Gasteiger charge is -2.40. The molecule has 1 fully saturated rings. The highest BCUT2D eigenvalue weighted by molar-refractivity contribution is 7.85. The SMILES string of the molecule is CCCCCCCC/C=C/CCCCCCCCCCCCCC(=O)OC[C@H](CO[C@H]1O[C@H](CS(=O)(=O)O)[C@@H](O)C(O)C1O)OC(=O)CC/C=C/CCCCCCCCCCCCC. The maximum atomic E-state index is 12.8. The summed E-state index contributed by atoms with van der Waals surface area (Å²) in [5, 5.41) is 30.9. The Balaban J connectivity index is 2.36. The van der Waals surface area contributed by atoms with Crippen molar-refractivity contribution in [3.63, 3.8) is 0 Å². The number of hydrogen-bond acceptors (Lipinski definition) is 11. The average molecular weight is 931 g/mol. The van der Waals surface area contributed by atoms with Crippen LogP contribution in [0, 0.1) is 0 Å². The lowest BCUT2D eigenvalue weighted by atomic mass is 10.00. The zero-order valence-corrected chi connectivity index (χ0v) is 41.2. The van der Waals surface area contributed by atoms with E-state index in [0.717, 1.165) is 32.1 Å². The van der Waals surface area contributed by atoms with Gasteiger partial charge >= 0.3 is 11.9 Å². The molecule has 6 atom stereocenters. The molecule has 0 amide bonds. The van der Waals surface area contributed by atoms with Gasteiger partial charge in [-0.2, -0.15) is 8.42 Å². The highest BCUT2D eigenvalue weighted by Gasteiger charge is 2.46. The van der Waals surface area contributed by atoms with Gasteiger partial charge in [0.1, 0.15) is 36.8 Å². The topological polar surface area (TPSA) is 186 Å². The van der Waals surface area contributed by atoms with Crippen molar-refractivity contribution >= 4 is 22.1 Å². The summed E-state index contributed by atoms with van der Waals surface area (Å²) in [5.41, 5.74) is 0. The minimum atomic E-state index is -4.61. The molecular formula is C51H94O12S. The Labute approximate surface area is 389 Å². The monoisotopic (exact) mass is 931 g/mol. The Bertz CT molecular complexity index is 1270. The Morgan fingerprint density at radius 3 is 1.36 bits per heavy atom. The van der Waals surface area contributed by atoms with Crippen molar-refractivity contribution in [2.24, 2.45) is 0 Å². The largest absolute Gasteiger partial charge is 0.462 e. The Morgan fingerprint density at radius 2 is 0.922 bits per heavy atom. The molecule has 0 aromatic heterocycles. The molecule has 0 spiro atoms. The summed E-state index contributed by atoms with van der Waals surface area (Å²) in [6.07, 6.45) is 38.1. The van der Waals surface area contributed by atoms with Crippen LogP contribution in [-0.4, -0.2) is 96.0 Å². The lowest BCUT2D eigenvalue weighted by molar-refractivity contribution is -0.297. The second-order valence-corrected chi connectivity index (χ2v) is 19.7. The van der Waals surface area contributed by atoms with E-state index in [1.165, 1.54) is 161 Å². The molecule has 0 aromatic carbocycles. The van der Waals surface area contributed by atoms with E-state index in [0.29, 0.717) is 12.8 Å². The number of hydrogen-bond donors (Lipinski definition) is 4. The molecule has 376 valence electrons. The third-order valence-electron chi connectivity index (χ3n) is 12.0. The van der Waals surface area contributed by atoms with Gasteiger partial charge < -0.3 is 34.3 Å². The van der Waals surface area contributed by atoms with Crippen LogP contribution in [0.25, 0.3) is 0 Å². The van der Waals surface area contributed by atoms with Gasteiger partial charge in [0.15, 0.2) is 12.4 Å². The van der Waals surface area contributed by atoms with Gasteiger partial charge in [-0.3, -0.25) is 14.1 Å². The van der Waals surface area contributed by atoms with Gasteiger partial charge in [0.25, 0.3) is 10.1 Å². The van der Waals surface area contributed by atoms with Crippen LogP contribution in [0.5, 0.6) is 0 Å². The van der Waals surface area contributed by atoms with Crippen LogP contribution in [-0.2, 0) is 38.7 Å². The van der Waals surface area contributed by atoms with Gasteiger partial charge in [-0.25, -0.2) is 0 Å². The van der Waals surface area contributed by atoms with E-state index in [1.807, 2.05) is 6.08 Å². The molecule has 0 bridgehead atoms. The Kier molecular flexibility index (Phi) is 38.8. The van der Waals surface area contributed by atoms with E-state index in [9.17, 15) is 37.9 Å². The molecule has 13 heteroatoms. The third kappa shape index (κ3) is 35.3. The quantitative estimate of drug-likeness (QED) is 0.0196. The number of aliphatic hydroxyl groups is 3. The summed E-state index contributed by atoms with van der Waals surface area (Å²) in [6.45, 7) is 3.76. The van der Waals surface area contributed by atoms with Crippen molar-refractivity contribution < 1.29 is 56.8 Å². The van der Waals surface area contributed by atoms with Crippen molar-refractivity contribution in [3.8, 4) is 0 Å². The first-order valence-corrected chi connectivity index (χ1v) is 27.5. The Morgan fingerprint density at radius 1 is 0.516 bits per heavy atom. The zero-order valence-electron chi connectivity index (χ0n) is 40.4. The van der Waals surface area contributed by atoms with E-state index in [4.69, 9.17) is 18.9 Å². The van der Waals surface area contributed by atoms with Crippen molar-refractivity contribution in [3.05, 3.63) is 24.3 Å². The molecule has 1 aliphatic rings. The van der Waals surface area contributed by atoms with Gasteiger partial charge in [0, 0.05) is 12.8 Å². The number of unbranched alkanes of at least 4 members (excludes halogenated alkanes) is 28. The molecule has 1 saturated heterocycles. The van der Waals surface area contributed by atoms with Crippen molar-refractivity contribution in [1.29, 1.82) is 0 Å². The number of rotatable bonds is 44. The van der Waals surface area contributed by atoms with Gasteiger partial charge in [-0.15, -0.1) is 0 Å². The standard InChI is InChI=1S/C51H94O12S/c1-3-5-7-9-11-13-15-17-19-20-21-22-23-24-26-27-29-31-33-35-37-39-46(52)60-41-44(42-61-51-50(56)49(55)48(54)45(63-51)43-64(57,58)59)62-47(53)40-38-36-34-32-30-28-25-18-16-14-12-10-8-6-4-2/h17,19,34,36,44-45,48-51,54-56H,3-16,18,20-33,35,37-43H2,1-2H3,(H,57,58,59)/b19-17+,36-34+/t44-,45-,48-,49?,50?,51+/m1/s1. The predicted octanol–water partition coefficient (Wildman–Crippen LogP) is 11.6. The summed E-state index contributed by atoms with van der Waals surface area (Å²) in [5.74, 6) is -2.03. The molecule has 0 aliphatic carbocycles. The molecule has 4 N–H and O–H groups in total. The molecule has 12 nitrogen and oxygen atoms in total. The van der Waals surface area contributed by atoms with Gasteiger partial charge in [0.05, 0.1) is 6.61 Å². The highest BCUT2D eigenvalue weighted by Crippen LogP contribution is 2.24. The number of ether oxygens (including phenoxy) is 4. The van der Waals surface area contributed by atoms with Crippen LogP contribution in [0.4, 0.5) is 0 Å². The van der Waals surface area contributed by atoms with Crippen molar-refractivity contribution in [2.75, 3.05) is 19.0 Å². The summed E-state index contributed by atoms with van der Waals surface area (Å²) in [6, 6.07) is 0. The zero-order chi connectivity index (χ0) is 46.9. The first-order chi connectivity index (χ1) is 31.0. The number of allylic oxidation sites excluding steroid dienone is 4. The minimum absolute atomic E-state index is 0.0837. The maximum absolute atomic E-state index is 12.8. The van der Waals surface area contributed by atoms with Gasteiger partial charge in [-0.05, 0) is 51.4 Å². The third-order valence-corrected chi connectivity index (χ3v) is 12.8. The fourth-order valence-corrected chi connectivity index (χ4v) is 8.68. The van der Waals surface area contributed by atoms with Gasteiger partial charge in [-0.1, -0.05) is 192 Å². The molecule has 1 aliphatic heterocycles. The van der Waals surface area contributed by atoms with E-state index < -0.39 is 71.2 Å². The molecular weight excluding hydrogens is 837 g/mol. The molecule has 1 heterocycles. The summed E-state index contributed by atoms with van der Waals surface area (Å²) < 4.78 is 54.2. The maximum Gasteiger partial charge on any atom is 0.306 e. The molecule has 0 aromatic rings. The van der Waals surface area contributed by atoms with E-state index in [2.05, 4.69) is 32.1 Å². The van der Waals surface area contributed by atoms with Crippen LogP contribution < -0.4 is 0 Å².